The molecule has 1 saturated carbocycles. The normalized spacial score (nSPS) is 15.1. The fourth-order valence-corrected chi connectivity index (χ4v) is 4.69. The number of carbonyl (C=O) groups is 1. The van der Waals surface area contributed by atoms with Crippen LogP contribution in [0, 0.1) is 11.8 Å². The zero-order valence-corrected chi connectivity index (χ0v) is 19.8. The van der Waals surface area contributed by atoms with Crippen LogP contribution >= 0.6 is 0 Å². The Bertz CT molecular complexity index is 1360. The molecule has 0 aromatic heterocycles. The Morgan fingerprint density at radius 2 is 1.17 bits per heavy atom. The van der Waals surface area contributed by atoms with Crippen LogP contribution in [0.4, 0.5) is 0 Å². The zero-order valence-electron chi connectivity index (χ0n) is 19.8. The molecule has 1 nitrogen and oxygen atoms in total. The molecule has 1 fully saturated rings. The average Bonchev–Trinajstić information content (AvgIpc) is 2.94. The molecule has 0 bridgehead atoms. The summed E-state index contributed by atoms with van der Waals surface area (Å²) in [5.41, 5.74) is 7.65. The molecular weight excluding hydrogens is 424 g/mol. The van der Waals surface area contributed by atoms with Gasteiger partial charge in [-0.1, -0.05) is 108 Å². The van der Waals surface area contributed by atoms with E-state index in [1.165, 1.54) is 29.5 Å². The van der Waals surface area contributed by atoms with Gasteiger partial charge in [0.1, 0.15) is 0 Å². The highest BCUT2D eigenvalue weighted by molar-refractivity contribution is 6.09. The fourth-order valence-electron chi connectivity index (χ4n) is 4.69. The average molecular weight is 453 g/mol. The highest BCUT2D eigenvalue weighted by Crippen LogP contribution is 2.36. The van der Waals surface area contributed by atoms with Crippen molar-refractivity contribution < 1.29 is 4.79 Å². The van der Waals surface area contributed by atoms with Gasteiger partial charge in [-0.05, 0) is 67.0 Å². The molecule has 0 aliphatic heterocycles. The van der Waals surface area contributed by atoms with Gasteiger partial charge in [-0.2, -0.15) is 0 Å². The first-order valence-corrected chi connectivity index (χ1v) is 12.3. The van der Waals surface area contributed by atoms with E-state index in [2.05, 4.69) is 54.3 Å². The second kappa shape index (κ2) is 10.9. The van der Waals surface area contributed by atoms with Gasteiger partial charge < -0.3 is 0 Å². The Kier molecular flexibility index (Phi) is 7.02. The van der Waals surface area contributed by atoms with Crippen molar-refractivity contribution in [2.24, 2.45) is 0 Å². The third kappa shape index (κ3) is 5.86. The summed E-state index contributed by atoms with van der Waals surface area (Å²) in [7, 11) is 0. The van der Waals surface area contributed by atoms with E-state index >= 15 is 0 Å². The molecule has 170 valence electrons. The molecular formula is C34H28O. The Labute approximate surface area is 208 Å². The highest BCUT2D eigenvalue weighted by Gasteiger charge is 2.18. The maximum atomic E-state index is 12.6. The van der Waals surface area contributed by atoms with Gasteiger partial charge in [-0.3, -0.25) is 4.79 Å². The maximum Gasteiger partial charge on any atom is 0.193 e. The van der Waals surface area contributed by atoms with Gasteiger partial charge in [-0.25, -0.2) is 0 Å². The molecule has 0 radical (unpaired) electrons. The number of allylic oxidation sites excluding steroid dienone is 1. The van der Waals surface area contributed by atoms with Crippen molar-refractivity contribution >= 4 is 11.9 Å². The number of ketones is 1. The van der Waals surface area contributed by atoms with Crippen LogP contribution in [0.2, 0.25) is 0 Å². The predicted molar refractivity (Wildman–Crippen MR) is 144 cm³/mol. The Balaban J connectivity index is 1.18. The van der Waals surface area contributed by atoms with Crippen LogP contribution in [0.5, 0.6) is 0 Å². The minimum atomic E-state index is 0.0716. The van der Waals surface area contributed by atoms with E-state index in [-0.39, 0.29) is 5.78 Å². The van der Waals surface area contributed by atoms with E-state index in [4.69, 9.17) is 0 Å². The first-order valence-electron chi connectivity index (χ1n) is 12.3. The van der Waals surface area contributed by atoms with E-state index in [0.29, 0.717) is 5.92 Å². The van der Waals surface area contributed by atoms with E-state index in [1.54, 1.807) is 0 Å². The molecule has 4 aromatic rings. The van der Waals surface area contributed by atoms with Gasteiger partial charge in [0, 0.05) is 22.3 Å². The summed E-state index contributed by atoms with van der Waals surface area (Å²) in [5, 5.41) is 0. The lowest BCUT2D eigenvalue weighted by Crippen LogP contribution is -2.06. The minimum absolute atomic E-state index is 0.0716. The summed E-state index contributed by atoms with van der Waals surface area (Å²) in [6, 6.07) is 36.4. The van der Waals surface area contributed by atoms with Crippen molar-refractivity contribution in [3.63, 3.8) is 0 Å². The number of carbonyl (C=O) groups excluding carboxylic acids is 1. The summed E-state index contributed by atoms with van der Waals surface area (Å²) in [6.07, 6.45) is 6.88. The van der Waals surface area contributed by atoms with Crippen LogP contribution in [-0.2, 0) is 0 Å². The van der Waals surface area contributed by atoms with Crippen molar-refractivity contribution in [2.75, 3.05) is 0 Å². The monoisotopic (exact) mass is 452 g/mol. The lowest BCUT2D eigenvalue weighted by atomic mass is 9.81. The molecule has 0 amide bonds. The molecule has 0 unspecified atom stereocenters. The van der Waals surface area contributed by atoms with Crippen LogP contribution in [0.15, 0.2) is 115 Å². The molecule has 1 aliphatic carbocycles. The van der Waals surface area contributed by atoms with E-state index < -0.39 is 0 Å². The molecule has 0 spiro atoms. The summed E-state index contributed by atoms with van der Waals surface area (Å²) >= 11 is 0. The Morgan fingerprint density at radius 1 is 0.629 bits per heavy atom. The quantitative estimate of drug-likeness (QED) is 0.226. The molecule has 1 heteroatoms. The van der Waals surface area contributed by atoms with Crippen molar-refractivity contribution in [3.8, 4) is 11.8 Å². The van der Waals surface area contributed by atoms with Crippen LogP contribution in [0.1, 0.15) is 69.8 Å². The van der Waals surface area contributed by atoms with Crippen molar-refractivity contribution in [1.82, 2.24) is 0 Å². The van der Waals surface area contributed by atoms with E-state index in [9.17, 15) is 4.79 Å². The van der Waals surface area contributed by atoms with E-state index in [0.717, 1.165) is 35.1 Å². The van der Waals surface area contributed by atoms with Crippen molar-refractivity contribution in [1.29, 1.82) is 0 Å². The van der Waals surface area contributed by atoms with Crippen molar-refractivity contribution in [3.05, 3.63) is 148 Å². The van der Waals surface area contributed by atoms with Gasteiger partial charge in [0.25, 0.3) is 0 Å². The highest BCUT2D eigenvalue weighted by atomic mass is 16.1. The summed E-state index contributed by atoms with van der Waals surface area (Å²) < 4.78 is 0. The Morgan fingerprint density at radius 3 is 1.80 bits per heavy atom. The lowest BCUT2D eigenvalue weighted by Gasteiger charge is -2.24. The third-order valence-corrected chi connectivity index (χ3v) is 6.71. The van der Waals surface area contributed by atoms with E-state index in [1.807, 2.05) is 72.8 Å². The summed E-state index contributed by atoms with van der Waals surface area (Å²) in [6.45, 7) is 0. The molecule has 4 aromatic carbocycles. The summed E-state index contributed by atoms with van der Waals surface area (Å²) in [5.74, 6) is 7.17. The molecule has 0 heterocycles. The topological polar surface area (TPSA) is 17.1 Å². The molecule has 0 atom stereocenters. The first kappa shape index (κ1) is 22.6. The minimum Gasteiger partial charge on any atom is -0.289 e. The largest absolute Gasteiger partial charge is 0.289 e. The number of hydrogen-bond donors (Lipinski definition) is 0. The lowest BCUT2D eigenvalue weighted by molar-refractivity contribution is 0.103. The first-order chi connectivity index (χ1) is 17.2. The van der Waals surface area contributed by atoms with Crippen LogP contribution in [0.25, 0.3) is 6.08 Å². The van der Waals surface area contributed by atoms with Crippen molar-refractivity contribution in [2.45, 2.75) is 31.6 Å². The fraction of sp³-hybridized carbons (Fsp3) is 0.147. The zero-order chi connectivity index (χ0) is 23.9. The molecule has 35 heavy (non-hydrogen) atoms. The number of rotatable bonds is 4. The standard InChI is InChI=1S/C34H28O/c35-34(32-9-5-2-6-10-32)33-23-17-29(18-24-33)25-28-15-21-31(22-16-28)30-19-13-27(14-20-30)12-11-26-7-3-1-4-8-26/h1-10,13-14,17-20,23-25,31H,15-16,21-22H2. The number of hydrogen-bond acceptors (Lipinski definition) is 1. The maximum absolute atomic E-state index is 12.6. The van der Waals surface area contributed by atoms with Crippen LogP contribution in [-0.4, -0.2) is 5.78 Å². The van der Waals surface area contributed by atoms with Gasteiger partial charge in [0.15, 0.2) is 5.78 Å². The van der Waals surface area contributed by atoms with Gasteiger partial charge in [-0.15, -0.1) is 0 Å². The van der Waals surface area contributed by atoms with Gasteiger partial charge in [0.05, 0.1) is 0 Å². The molecule has 0 N–H and O–H groups in total. The molecule has 1 aliphatic rings. The van der Waals surface area contributed by atoms with Gasteiger partial charge in [0.2, 0.25) is 0 Å². The second-order valence-corrected chi connectivity index (χ2v) is 9.13. The molecule has 0 saturated heterocycles. The van der Waals surface area contributed by atoms with Crippen LogP contribution < -0.4 is 0 Å². The second-order valence-electron chi connectivity index (χ2n) is 9.13. The summed E-state index contributed by atoms with van der Waals surface area (Å²) in [4.78, 5) is 12.6. The third-order valence-electron chi connectivity index (χ3n) is 6.71. The Hall–Kier alpha value is -4.15. The number of benzene rings is 4. The van der Waals surface area contributed by atoms with Crippen LogP contribution in [0.3, 0.4) is 0 Å². The molecule has 5 rings (SSSR count). The smallest absolute Gasteiger partial charge is 0.193 e. The van der Waals surface area contributed by atoms with Gasteiger partial charge >= 0.3 is 0 Å². The predicted octanol–water partition coefficient (Wildman–Crippen LogP) is 8.06. The SMILES string of the molecule is O=C(c1ccccc1)c1ccc(C=C2CCC(c3ccc(C#Cc4ccccc4)cc3)CC2)cc1.